The van der Waals surface area contributed by atoms with Crippen molar-refractivity contribution in [2.75, 3.05) is 0 Å². The van der Waals surface area contributed by atoms with Gasteiger partial charge in [0.1, 0.15) is 11.2 Å². The Morgan fingerprint density at radius 2 is 0.883 bits per heavy atom. The first-order valence-corrected chi connectivity index (χ1v) is 20.3. The first kappa shape index (κ1) is 34.1. The molecule has 0 amide bonds. The molecule has 280 valence electrons. The molecule has 0 radical (unpaired) electrons. The van der Waals surface area contributed by atoms with E-state index in [1.807, 2.05) is 60.7 Å². The van der Waals surface area contributed by atoms with E-state index >= 15 is 0 Å². The Bertz CT molecular complexity index is 3390. The standard InChI is InChI=1S/C56H35N3O/c1-4-15-37(16-5-1)53-57-54(59-55(58-53)47-23-14-26-51-52(47)46-22-11-13-25-50(46)60-51)40-30-28-36-27-29-38(33-41(36)34-40)39-31-32-45-44-21-10-12-24-48(44)56(49(45)35-39,42-17-6-2-7-18-42)43-19-8-3-9-20-43/h1-35H. The SMILES string of the molecule is c1ccc(-c2nc(-c3ccc4ccc(-c5ccc6c(c5)C(c5ccccc5)(c5ccccc5)c5ccccc5-6)cc4c3)nc(-c3cccc4oc5ccccc5c34)n2)cc1. The Hall–Kier alpha value is -7.95. The molecule has 60 heavy (non-hydrogen) atoms. The molecule has 12 rings (SSSR count). The molecule has 0 N–H and O–H groups in total. The van der Waals surface area contributed by atoms with Gasteiger partial charge in [-0.25, -0.2) is 15.0 Å². The highest BCUT2D eigenvalue weighted by molar-refractivity contribution is 6.11. The van der Waals surface area contributed by atoms with Gasteiger partial charge in [-0.05, 0) is 85.6 Å². The molecule has 1 aliphatic rings. The third kappa shape index (κ3) is 5.28. The van der Waals surface area contributed by atoms with Gasteiger partial charge in [-0.3, -0.25) is 0 Å². The summed E-state index contributed by atoms with van der Waals surface area (Å²) in [6.07, 6.45) is 0. The lowest BCUT2D eigenvalue weighted by Gasteiger charge is -2.34. The van der Waals surface area contributed by atoms with Gasteiger partial charge in [0.25, 0.3) is 0 Å². The number of fused-ring (bicyclic) bond motifs is 7. The van der Waals surface area contributed by atoms with Crippen LogP contribution in [0.4, 0.5) is 0 Å². The zero-order valence-corrected chi connectivity index (χ0v) is 32.5. The van der Waals surface area contributed by atoms with Crippen LogP contribution in [0.2, 0.25) is 0 Å². The summed E-state index contributed by atoms with van der Waals surface area (Å²) in [6, 6.07) is 75.4. The van der Waals surface area contributed by atoms with Crippen molar-refractivity contribution in [2.45, 2.75) is 5.41 Å². The van der Waals surface area contributed by atoms with E-state index in [9.17, 15) is 0 Å². The Morgan fingerprint density at radius 1 is 0.333 bits per heavy atom. The van der Waals surface area contributed by atoms with Crippen LogP contribution in [0.25, 0.3) is 89.1 Å². The monoisotopic (exact) mass is 765 g/mol. The average molecular weight is 766 g/mol. The fourth-order valence-electron chi connectivity index (χ4n) is 9.49. The normalized spacial score (nSPS) is 12.8. The van der Waals surface area contributed by atoms with Gasteiger partial charge in [0.2, 0.25) is 0 Å². The Labute approximate surface area is 347 Å². The molecule has 9 aromatic carbocycles. The molecule has 4 heteroatoms. The first-order chi connectivity index (χ1) is 29.7. The number of nitrogens with zero attached hydrogens (tertiary/aromatic N) is 3. The summed E-state index contributed by atoms with van der Waals surface area (Å²) in [5.74, 6) is 1.83. The van der Waals surface area contributed by atoms with E-state index in [1.54, 1.807) is 0 Å². The smallest absolute Gasteiger partial charge is 0.164 e. The lowest BCUT2D eigenvalue weighted by Crippen LogP contribution is -2.28. The minimum Gasteiger partial charge on any atom is -0.456 e. The molecular formula is C56H35N3O. The summed E-state index contributed by atoms with van der Waals surface area (Å²) in [6.45, 7) is 0. The van der Waals surface area contributed by atoms with Crippen molar-refractivity contribution in [3.63, 3.8) is 0 Å². The van der Waals surface area contributed by atoms with Crippen molar-refractivity contribution in [2.24, 2.45) is 0 Å². The van der Waals surface area contributed by atoms with Crippen molar-refractivity contribution in [3.8, 4) is 56.4 Å². The van der Waals surface area contributed by atoms with Gasteiger partial charge in [0.05, 0.1) is 5.41 Å². The molecule has 2 aromatic heterocycles. The van der Waals surface area contributed by atoms with E-state index in [0.717, 1.165) is 55.0 Å². The highest BCUT2D eigenvalue weighted by atomic mass is 16.3. The van der Waals surface area contributed by atoms with Crippen molar-refractivity contribution in [1.82, 2.24) is 15.0 Å². The van der Waals surface area contributed by atoms with E-state index in [1.165, 1.54) is 38.9 Å². The van der Waals surface area contributed by atoms with E-state index < -0.39 is 5.41 Å². The van der Waals surface area contributed by atoms with Crippen molar-refractivity contribution in [3.05, 3.63) is 235 Å². The second-order valence-corrected chi connectivity index (χ2v) is 15.5. The van der Waals surface area contributed by atoms with Gasteiger partial charge < -0.3 is 4.42 Å². The van der Waals surface area contributed by atoms with Crippen molar-refractivity contribution < 1.29 is 4.42 Å². The summed E-state index contributed by atoms with van der Waals surface area (Å²) >= 11 is 0. The maximum Gasteiger partial charge on any atom is 0.164 e. The van der Waals surface area contributed by atoms with Crippen LogP contribution in [-0.4, -0.2) is 15.0 Å². The highest BCUT2D eigenvalue weighted by Crippen LogP contribution is 2.56. The number of rotatable bonds is 6. The van der Waals surface area contributed by atoms with E-state index in [0.29, 0.717) is 17.5 Å². The van der Waals surface area contributed by atoms with E-state index in [-0.39, 0.29) is 0 Å². The van der Waals surface area contributed by atoms with Crippen LogP contribution in [0.1, 0.15) is 22.3 Å². The molecule has 1 aliphatic carbocycles. The van der Waals surface area contributed by atoms with E-state index in [2.05, 4.69) is 152 Å². The minimum absolute atomic E-state index is 0.464. The predicted molar refractivity (Wildman–Crippen MR) is 244 cm³/mol. The van der Waals surface area contributed by atoms with Crippen molar-refractivity contribution in [1.29, 1.82) is 0 Å². The third-order valence-electron chi connectivity index (χ3n) is 12.2. The molecule has 0 unspecified atom stereocenters. The van der Waals surface area contributed by atoms with Crippen LogP contribution in [0.3, 0.4) is 0 Å². The van der Waals surface area contributed by atoms with Crippen LogP contribution in [0, 0.1) is 0 Å². The van der Waals surface area contributed by atoms with Crippen LogP contribution in [-0.2, 0) is 5.41 Å². The second-order valence-electron chi connectivity index (χ2n) is 15.5. The molecule has 0 saturated carbocycles. The van der Waals surface area contributed by atoms with Crippen LogP contribution in [0.5, 0.6) is 0 Å². The largest absolute Gasteiger partial charge is 0.456 e. The molecule has 0 saturated heterocycles. The Morgan fingerprint density at radius 3 is 1.67 bits per heavy atom. The van der Waals surface area contributed by atoms with Gasteiger partial charge >= 0.3 is 0 Å². The lowest BCUT2D eigenvalue weighted by molar-refractivity contribution is 0.669. The fraction of sp³-hybridized carbons (Fsp3) is 0.0179. The van der Waals surface area contributed by atoms with Crippen LogP contribution >= 0.6 is 0 Å². The van der Waals surface area contributed by atoms with Gasteiger partial charge in [-0.2, -0.15) is 0 Å². The van der Waals surface area contributed by atoms with Gasteiger partial charge in [-0.1, -0.05) is 182 Å². The molecule has 4 nitrogen and oxygen atoms in total. The topological polar surface area (TPSA) is 51.8 Å². The summed E-state index contributed by atoms with van der Waals surface area (Å²) in [5, 5.41) is 4.28. The highest BCUT2D eigenvalue weighted by Gasteiger charge is 2.46. The zero-order valence-electron chi connectivity index (χ0n) is 32.5. The van der Waals surface area contributed by atoms with E-state index in [4.69, 9.17) is 19.4 Å². The predicted octanol–water partition coefficient (Wildman–Crippen LogP) is 14.0. The van der Waals surface area contributed by atoms with Gasteiger partial charge in [0.15, 0.2) is 17.5 Å². The number of para-hydroxylation sites is 1. The fourth-order valence-corrected chi connectivity index (χ4v) is 9.49. The number of aromatic nitrogens is 3. The minimum atomic E-state index is -0.464. The molecule has 0 atom stereocenters. The number of hydrogen-bond donors (Lipinski definition) is 0. The molecular weight excluding hydrogens is 731 g/mol. The molecule has 11 aromatic rings. The Kier molecular flexibility index (Phi) is 7.72. The van der Waals surface area contributed by atoms with Gasteiger partial charge in [-0.15, -0.1) is 0 Å². The molecule has 0 spiro atoms. The summed E-state index contributed by atoms with van der Waals surface area (Å²) in [5.41, 5.74) is 13.9. The number of benzene rings is 9. The summed E-state index contributed by atoms with van der Waals surface area (Å²) in [4.78, 5) is 15.4. The van der Waals surface area contributed by atoms with Crippen molar-refractivity contribution >= 4 is 32.7 Å². The van der Waals surface area contributed by atoms with Crippen LogP contribution in [0.15, 0.2) is 217 Å². The zero-order chi connectivity index (χ0) is 39.6. The molecule has 0 fully saturated rings. The summed E-state index contributed by atoms with van der Waals surface area (Å²) < 4.78 is 6.27. The molecule has 0 bridgehead atoms. The Balaban J connectivity index is 1.02. The maximum atomic E-state index is 6.27. The quantitative estimate of drug-likeness (QED) is 0.169. The second kappa shape index (κ2) is 13.6. The van der Waals surface area contributed by atoms with Gasteiger partial charge in [0, 0.05) is 27.5 Å². The maximum absolute atomic E-state index is 6.27. The molecule has 2 heterocycles. The average Bonchev–Trinajstić information content (AvgIpc) is 3.86. The number of furan rings is 1. The third-order valence-corrected chi connectivity index (χ3v) is 12.2. The lowest BCUT2D eigenvalue weighted by atomic mass is 9.67. The number of hydrogen-bond acceptors (Lipinski definition) is 4. The van der Waals surface area contributed by atoms with Crippen LogP contribution < -0.4 is 0 Å². The molecule has 0 aliphatic heterocycles. The first-order valence-electron chi connectivity index (χ1n) is 20.3. The summed E-state index contributed by atoms with van der Waals surface area (Å²) in [7, 11) is 0.